The topological polar surface area (TPSA) is 39.4 Å². The van der Waals surface area contributed by atoms with Gasteiger partial charge in [-0.1, -0.05) is 30.3 Å². The van der Waals surface area contributed by atoms with E-state index in [4.69, 9.17) is 9.15 Å². The van der Waals surface area contributed by atoms with Crippen LogP contribution in [0.3, 0.4) is 0 Å². The Balaban J connectivity index is 2.06. The van der Waals surface area contributed by atoms with E-state index in [1.54, 1.807) is 30.3 Å². The molecular weight excluding hydrogens is 228 g/mol. The SMILES string of the molecule is O=c1cc(Oc2ccccc2)oc2ccccc12. The summed E-state index contributed by atoms with van der Waals surface area (Å²) in [6, 6.07) is 17.7. The van der Waals surface area contributed by atoms with Gasteiger partial charge in [-0.2, -0.15) is 0 Å². The minimum atomic E-state index is -0.109. The predicted octanol–water partition coefficient (Wildman–Crippen LogP) is 3.59. The highest BCUT2D eigenvalue weighted by atomic mass is 16.6. The molecule has 0 saturated heterocycles. The van der Waals surface area contributed by atoms with E-state index in [9.17, 15) is 4.79 Å². The van der Waals surface area contributed by atoms with Crippen molar-refractivity contribution in [2.45, 2.75) is 0 Å². The average molecular weight is 238 g/mol. The minimum absolute atomic E-state index is 0.109. The van der Waals surface area contributed by atoms with Crippen LogP contribution < -0.4 is 10.2 Å². The Labute approximate surface area is 103 Å². The van der Waals surface area contributed by atoms with Crippen molar-refractivity contribution in [3.63, 3.8) is 0 Å². The molecule has 1 aromatic heterocycles. The molecule has 0 amide bonds. The number of hydrogen-bond donors (Lipinski definition) is 0. The van der Waals surface area contributed by atoms with Crippen LogP contribution in [-0.4, -0.2) is 0 Å². The van der Waals surface area contributed by atoms with Crippen LogP contribution in [0.2, 0.25) is 0 Å². The molecule has 3 aromatic rings. The van der Waals surface area contributed by atoms with E-state index >= 15 is 0 Å². The summed E-state index contributed by atoms with van der Waals surface area (Å²) in [6.07, 6.45) is 0. The largest absolute Gasteiger partial charge is 0.426 e. The minimum Gasteiger partial charge on any atom is -0.426 e. The van der Waals surface area contributed by atoms with E-state index in [-0.39, 0.29) is 11.4 Å². The lowest BCUT2D eigenvalue weighted by molar-refractivity contribution is 0.353. The summed E-state index contributed by atoms with van der Waals surface area (Å²) >= 11 is 0. The van der Waals surface area contributed by atoms with Gasteiger partial charge in [-0.05, 0) is 24.3 Å². The fourth-order valence-corrected chi connectivity index (χ4v) is 1.74. The van der Waals surface area contributed by atoms with Crippen molar-refractivity contribution >= 4 is 11.0 Å². The fraction of sp³-hybridized carbons (Fsp3) is 0. The third-order valence-corrected chi connectivity index (χ3v) is 2.57. The lowest BCUT2D eigenvalue weighted by Crippen LogP contribution is -2.00. The Morgan fingerprint density at radius 3 is 2.44 bits per heavy atom. The van der Waals surface area contributed by atoms with E-state index in [2.05, 4.69) is 0 Å². The molecule has 0 bridgehead atoms. The number of para-hydroxylation sites is 2. The fourth-order valence-electron chi connectivity index (χ4n) is 1.74. The third kappa shape index (κ3) is 1.98. The van der Waals surface area contributed by atoms with E-state index in [0.717, 1.165) is 0 Å². The van der Waals surface area contributed by atoms with Crippen LogP contribution in [0.5, 0.6) is 11.7 Å². The summed E-state index contributed by atoms with van der Waals surface area (Å²) in [5.74, 6) is 0.834. The molecule has 0 aliphatic rings. The summed E-state index contributed by atoms with van der Waals surface area (Å²) in [5.41, 5.74) is 0.415. The first-order valence-corrected chi connectivity index (χ1v) is 5.59. The van der Waals surface area contributed by atoms with Gasteiger partial charge in [0.15, 0.2) is 5.43 Å². The van der Waals surface area contributed by atoms with Crippen molar-refractivity contribution in [3.8, 4) is 11.7 Å². The molecule has 18 heavy (non-hydrogen) atoms. The monoisotopic (exact) mass is 238 g/mol. The maximum absolute atomic E-state index is 11.8. The molecule has 2 aromatic carbocycles. The van der Waals surface area contributed by atoms with Crippen molar-refractivity contribution in [3.05, 3.63) is 70.9 Å². The van der Waals surface area contributed by atoms with Crippen LogP contribution in [0.4, 0.5) is 0 Å². The van der Waals surface area contributed by atoms with E-state index in [1.807, 2.05) is 24.3 Å². The predicted molar refractivity (Wildman–Crippen MR) is 69.0 cm³/mol. The van der Waals surface area contributed by atoms with Gasteiger partial charge < -0.3 is 9.15 Å². The van der Waals surface area contributed by atoms with Crippen molar-refractivity contribution in [1.29, 1.82) is 0 Å². The molecule has 0 saturated carbocycles. The van der Waals surface area contributed by atoms with Crippen LogP contribution in [0, 0.1) is 0 Å². The highest BCUT2D eigenvalue weighted by Gasteiger charge is 2.05. The van der Waals surface area contributed by atoms with Crippen LogP contribution in [-0.2, 0) is 0 Å². The first-order chi connectivity index (χ1) is 8.83. The summed E-state index contributed by atoms with van der Waals surface area (Å²) < 4.78 is 11.0. The molecule has 88 valence electrons. The average Bonchev–Trinajstić information content (AvgIpc) is 2.40. The molecule has 0 spiro atoms. The van der Waals surface area contributed by atoms with Crippen molar-refractivity contribution in [2.24, 2.45) is 0 Å². The smallest absolute Gasteiger partial charge is 0.294 e. The zero-order valence-corrected chi connectivity index (χ0v) is 9.50. The summed E-state index contributed by atoms with van der Waals surface area (Å²) in [6.45, 7) is 0. The second kappa shape index (κ2) is 4.37. The molecule has 0 N–H and O–H groups in total. The van der Waals surface area contributed by atoms with Crippen LogP contribution in [0.15, 0.2) is 69.9 Å². The van der Waals surface area contributed by atoms with Crippen molar-refractivity contribution in [1.82, 2.24) is 0 Å². The highest BCUT2D eigenvalue weighted by molar-refractivity contribution is 5.76. The third-order valence-electron chi connectivity index (χ3n) is 2.57. The maximum atomic E-state index is 11.8. The molecule has 1 heterocycles. The van der Waals surface area contributed by atoms with Gasteiger partial charge >= 0.3 is 0 Å². The molecule has 0 aliphatic carbocycles. The zero-order valence-electron chi connectivity index (χ0n) is 9.50. The lowest BCUT2D eigenvalue weighted by Gasteiger charge is -2.04. The van der Waals surface area contributed by atoms with Gasteiger partial charge in [0.25, 0.3) is 5.95 Å². The summed E-state index contributed by atoms with van der Waals surface area (Å²) in [4.78, 5) is 11.8. The number of fused-ring (bicyclic) bond motifs is 1. The van der Waals surface area contributed by atoms with Crippen LogP contribution >= 0.6 is 0 Å². The van der Waals surface area contributed by atoms with Crippen molar-refractivity contribution in [2.75, 3.05) is 0 Å². The van der Waals surface area contributed by atoms with Gasteiger partial charge in [-0.25, -0.2) is 0 Å². The molecule has 0 aliphatic heterocycles. The first-order valence-electron chi connectivity index (χ1n) is 5.59. The van der Waals surface area contributed by atoms with Gasteiger partial charge in [-0.15, -0.1) is 0 Å². The normalized spacial score (nSPS) is 10.4. The molecule has 3 heteroatoms. The van der Waals surface area contributed by atoms with E-state index in [0.29, 0.717) is 16.7 Å². The molecular formula is C15H10O3. The molecule has 0 atom stereocenters. The number of benzene rings is 2. The molecule has 3 rings (SSSR count). The zero-order chi connectivity index (χ0) is 12.4. The van der Waals surface area contributed by atoms with E-state index < -0.39 is 0 Å². The quantitative estimate of drug-likeness (QED) is 0.685. The molecule has 3 nitrogen and oxygen atoms in total. The van der Waals surface area contributed by atoms with Gasteiger partial charge in [0, 0.05) is 0 Å². The Morgan fingerprint density at radius 2 is 1.61 bits per heavy atom. The maximum Gasteiger partial charge on any atom is 0.294 e. The Kier molecular flexibility index (Phi) is 2.57. The molecule has 0 unspecified atom stereocenters. The van der Waals surface area contributed by atoms with E-state index in [1.165, 1.54) is 6.07 Å². The second-order valence-electron chi connectivity index (χ2n) is 3.84. The van der Waals surface area contributed by atoms with Crippen LogP contribution in [0.25, 0.3) is 11.0 Å². The lowest BCUT2D eigenvalue weighted by atomic mass is 10.2. The van der Waals surface area contributed by atoms with Crippen molar-refractivity contribution < 1.29 is 9.15 Å². The van der Waals surface area contributed by atoms with Gasteiger partial charge in [-0.3, -0.25) is 4.79 Å². The van der Waals surface area contributed by atoms with Gasteiger partial charge in [0.1, 0.15) is 11.3 Å². The summed E-state index contributed by atoms with van der Waals surface area (Å²) in [7, 11) is 0. The standard InChI is InChI=1S/C15H10O3/c16-13-10-15(17-11-6-2-1-3-7-11)18-14-9-5-4-8-12(13)14/h1-10H. The highest BCUT2D eigenvalue weighted by Crippen LogP contribution is 2.22. The Bertz CT molecular complexity index is 729. The molecule has 0 fully saturated rings. The Hall–Kier alpha value is -2.55. The van der Waals surface area contributed by atoms with Crippen LogP contribution in [0.1, 0.15) is 0 Å². The Morgan fingerprint density at radius 1 is 0.889 bits per heavy atom. The number of hydrogen-bond acceptors (Lipinski definition) is 3. The summed E-state index contributed by atoms with van der Waals surface area (Å²) in [5, 5.41) is 0.554. The van der Waals surface area contributed by atoms with Gasteiger partial charge in [0.05, 0.1) is 11.5 Å². The first kappa shape index (κ1) is 10.6. The second-order valence-corrected chi connectivity index (χ2v) is 3.84. The van der Waals surface area contributed by atoms with Gasteiger partial charge in [0.2, 0.25) is 0 Å². The number of rotatable bonds is 2. The molecule has 0 radical (unpaired) electrons. The number of ether oxygens (including phenoxy) is 1.